The summed E-state index contributed by atoms with van der Waals surface area (Å²) in [6.07, 6.45) is 1.75. The molecule has 2 N–H and O–H groups in total. The van der Waals surface area contributed by atoms with Gasteiger partial charge in [-0.3, -0.25) is 9.59 Å². The molecule has 1 unspecified atom stereocenters. The average Bonchev–Trinajstić information content (AvgIpc) is 2.74. The zero-order valence-corrected chi connectivity index (χ0v) is 17.7. The Hall–Kier alpha value is -3.16. The minimum Gasteiger partial charge on any atom is -0.493 e. The van der Waals surface area contributed by atoms with Crippen LogP contribution in [0, 0.1) is 0 Å². The van der Waals surface area contributed by atoms with E-state index in [0.29, 0.717) is 0 Å². The second-order valence-corrected chi connectivity index (χ2v) is 8.06. The maximum absolute atomic E-state index is 12.5. The molecule has 3 rings (SSSR count). The van der Waals surface area contributed by atoms with Crippen LogP contribution in [-0.4, -0.2) is 32.1 Å². The summed E-state index contributed by atoms with van der Waals surface area (Å²) in [5.41, 5.74) is 2.52. The van der Waals surface area contributed by atoms with E-state index >= 15 is 0 Å². The van der Waals surface area contributed by atoms with Crippen LogP contribution in [-0.2, 0) is 10.2 Å². The van der Waals surface area contributed by atoms with Crippen LogP contribution in [0.2, 0.25) is 0 Å². The summed E-state index contributed by atoms with van der Waals surface area (Å²) in [6, 6.07) is 11.8. The molecule has 2 aromatic carbocycles. The third-order valence-corrected chi connectivity index (χ3v) is 5.51. The van der Waals surface area contributed by atoms with Crippen molar-refractivity contribution in [1.29, 1.82) is 0 Å². The molecule has 1 aliphatic carbocycles. The quantitative estimate of drug-likeness (QED) is 0.695. The Morgan fingerprint density at radius 1 is 1.16 bits per heavy atom. The highest BCUT2D eigenvalue weighted by Crippen LogP contribution is 2.41. The van der Waals surface area contributed by atoms with Crippen molar-refractivity contribution in [3.8, 4) is 11.5 Å². The van der Waals surface area contributed by atoms with Crippen molar-refractivity contribution in [3.05, 3.63) is 59.2 Å². The molecule has 6 nitrogen and oxygen atoms in total. The monoisotopic (exact) mass is 432 g/mol. The van der Waals surface area contributed by atoms with Gasteiger partial charge in [-0.05, 0) is 47.6 Å². The third-order valence-electron chi connectivity index (χ3n) is 5.51. The zero-order valence-electron chi connectivity index (χ0n) is 17.7. The van der Waals surface area contributed by atoms with Crippen molar-refractivity contribution in [2.24, 2.45) is 0 Å². The third kappa shape index (κ3) is 5.31. The number of fused-ring (bicyclic) bond motifs is 1. The van der Waals surface area contributed by atoms with Crippen LogP contribution in [0.1, 0.15) is 54.2 Å². The highest BCUT2D eigenvalue weighted by atomic mass is 19.3. The van der Waals surface area contributed by atoms with Gasteiger partial charge in [-0.2, -0.15) is 8.78 Å². The van der Waals surface area contributed by atoms with Crippen LogP contribution in [0.3, 0.4) is 0 Å². The summed E-state index contributed by atoms with van der Waals surface area (Å²) in [6.45, 7) is 1.16. The molecule has 8 heteroatoms. The van der Waals surface area contributed by atoms with Crippen molar-refractivity contribution < 1.29 is 27.8 Å². The number of ether oxygens (including phenoxy) is 2. The van der Waals surface area contributed by atoms with Gasteiger partial charge in [0.25, 0.3) is 5.91 Å². The maximum Gasteiger partial charge on any atom is 0.387 e. The lowest BCUT2D eigenvalue weighted by Crippen LogP contribution is -2.41. The van der Waals surface area contributed by atoms with Gasteiger partial charge in [0.2, 0.25) is 5.91 Å². The molecule has 2 amide bonds. The first-order chi connectivity index (χ1) is 14.7. The van der Waals surface area contributed by atoms with Crippen LogP contribution in [0.5, 0.6) is 11.5 Å². The topological polar surface area (TPSA) is 76.7 Å². The van der Waals surface area contributed by atoms with E-state index in [9.17, 15) is 18.4 Å². The molecule has 0 aromatic heterocycles. The molecule has 31 heavy (non-hydrogen) atoms. The van der Waals surface area contributed by atoms with Gasteiger partial charge in [0.05, 0.1) is 19.7 Å². The SMILES string of the molecule is COc1cc(C(=O)NCC(=O)NC2CCC(C)(C)c3ccccc32)ccc1OC(F)F. The van der Waals surface area contributed by atoms with E-state index in [2.05, 4.69) is 35.3 Å². The Morgan fingerprint density at radius 2 is 1.90 bits per heavy atom. The van der Waals surface area contributed by atoms with Gasteiger partial charge in [0.15, 0.2) is 11.5 Å². The van der Waals surface area contributed by atoms with Crippen LogP contribution < -0.4 is 20.1 Å². The summed E-state index contributed by atoms with van der Waals surface area (Å²) < 4.78 is 34.2. The maximum atomic E-state index is 12.5. The Labute approximate surface area is 179 Å². The molecule has 0 heterocycles. The van der Waals surface area contributed by atoms with Crippen molar-refractivity contribution in [1.82, 2.24) is 10.6 Å². The number of benzene rings is 2. The number of amides is 2. The van der Waals surface area contributed by atoms with Gasteiger partial charge >= 0.3 is 6.61 Å². The molecular weight excluding hydrogens is 406 g/mol. The molecule has 0 aliphatic heterocycles. The second kappa shape index (κ2) is 9.32. The van der Waals surface area contributed by atoms with E-state index in [0.717, 1.165) is 18.4 Å². The summed E-state index contributed by atoms with van der Waals surface area (Å²) in [4.78, 5) is 24.9. The second-order valence-electron chi connectivity index (χ2n) is 8.06. The molecule has 1 atom stereocenters. The fourth-order valence-corrected chi connectivity index (χ4v) is 3.87. The van der Waals surface area contributed by atoms with Crippen LogP contribution in [0.15, 0.2) is 42.5 Å². The Bertz CT molecular complexity index is 962. The lowest BCUT2D eigenvalue weighted by atomic mass is 9.71. The van der Waals surface area contributed by atoms with Gasteiger partial charge in [-0.1, -0.05) is 38.1 Å². The summed E-state index contributed by atoms with van der Waals surface area (Å²) in [5, 5.41) is 5.54. The van der Waals surface area contributed by atoms with Crippen molar-refractivity contribution in [3.63, 3.8) is 0 Å². The number of nitrogens with one attached hydrogen (secondary N) is 2. The minimum atomic E-state index is -3.01. The number of carbonyl (C=O) groups excluding carboxylic acids is 2. The van der Waals surface area contributed by atoms with E-state index in [-0.39, 0.29) is 41.0 Å². The van der Waals surface area contributed by atoms with Crippen molar-refractivity contribution >= 4 is 11.8 Å². The number of hydrogen-bond acceptors (Lipinski definition) is 4. The van der Waals surface area contributed by atoms with Gasteiger partial charge in [-0.15, -0.1) is 0 Å². The average molecular weight is 432 g/mol. The minimum absolute atomic E-state index is 0.00108. The number of carbonyl (C=O) groups is 2. The van der Waals surface area contributed by atoms with E-state index in [1.807, 2.05) is 18.2 Å². The van der Waals surface area contributed by atoms with Gasteiger partial charge < -0.3 is 20.1 Å². The van der Waals surface area contributed by atoms with Crippen molar-refractivity contribution in [2.45, 2.75) is 44.8 Å². The van der Waals surface area contributed by atoms with Crippen molar-refractivity contribution in [2.75, 3.05) is 13.7 Å². The number of methoxy groups -OCH3 is 1. The normalized spacial score (nSPS) is 16.9. The molecule has 2 aromatic rings. The predicted molar refractivity (Wildman–Crippen MR) is 112 cm³/mol. The number of hydrogen-bond donors (Lipinski definition) is 2. The van der Waals surface area contributed by atoms with Crippen LogP contribution in [0.4, 0.5) is 8.78 Å². The fourth-order valence-electron chi connectivity index (χ4n) is 3.87. The standard InChI is InChI=1S/C23H26F2N2O4/c1-23(2)11-10-17(15-6-4-5-7-16(15)23)27-20(28)13-26-21(29)14-8-9-18(31-22(24)25)19(12-14)30-3/h4-9,12,17,22H,10-11,13H2,1-3H3,(H,26,29)(H,27,28). The summed E-state index contributed by atoms with van der Waals surface area (Å²) in [7, 11) is 1.28. The molecule has 166 valence electrons. The highest BCUT2D eigenvalue weighted by molar-refractivity contribution is 5.97. The first kappa shape index (κ1) is 22.5. The van der Waals surface area contributed by atoms with E-state index in [4.69, 9.17) is 4.74 Å². The zero-order chi connectivity index (χ0) is 22.6. The van der Waals surface area contributed by atoms with Gasteiger partial charge in [-0.25, -0.2) is 0 Å². The lowest BCUT2D eigenvalue weighted by Gasteiger charge is -2.37. The molecular formula is C23H26F2N2O4. The van der Waals surface area contributed by atoms with Gasteiger partial charge in [0.1, 0.15) is 0 Å². The van der Waals surface area contributed by atoms with E-state index < -0.39 is 12.5 Å². The molecule has 0 saturated carbocycles. The first-order valence-corrected chi connectivity index (χ1v) is 10.0. The molecule has 0 saturated heterocycles. The summed E-state index contributed by atoms with van der Waals surface area (Å²) in [5.74, 6) is -1.01. The number of rotatable bonds is 7. The lowest BCUT2D eigenvalue weighted by molar-refractivity contribution is -0.121. The van der Waals surface area contributed by atoms with Crippen LogP contribution >= 0.6 is 0 Å². The largest absolute Gasteiger partial charge is 0.493 e. The first-order valence-electron chi connectivity index (χ1n) is 10.0. The predicted octanol–water partition coefficient (Wildman–Crippen LogP) is 3.96. The number of halogens is 2. The fraction of sp³-hybridized carbons (Fsp3) is 0.391. The highest BCUT2D eigenvalue weighted by Gasteiger charge is 2.32. The Balaban J connectivity index is 1.61. The van der Waals surface area contributed by atoms with E-state index in [1.54, 1.807) is 0 Å². The molecule has 0 spiro atoms. The smallest absolute Gasteiger partial charge is 0.387 e. The van der Waals surface area contributed by atoms with E-state index in [1.165, 1.54) is 30.9 Å². The van der Waals surface area contributed by atoms with Gasteiger partial charge in [0, 0.05) is 5.56 Å². The Morgan fingerprint density at radius 3 is 2.61 bits per heavy atom. The van der Waals surface area contributed by atoms with Crippen LogP contribution in [0.25, 0.3) is 0 Å². The Kier molecular flexibility index (Phi) is 6.77. The molecule has 0 bridgehead atoms. The molecule has 1 aliphatic rings. The summed E-state index contributed by atoms with van der Waals surface area (Å²) >= 11 is 0. The number of alkyl halides is 2. The molecule has 0 fully saturated rings. The molecule has 0 radical (unpaired) electrons.